The van der Waals surface area contributed by atoms with Gasteiger partial charge < -0.3 is 10.4 Å². The summed E-state index contributed by atoms with van der Waals surface area (Å²) in [6.07, 6.45) is 4.00. The van der Waals surface area contributed by atoms with Gasteiger partial charge in [0, 0.05) is 24.5 Å². The van der Waals surface area contributed by atoms with Gasteiger partial charge >= 0.3 is 5.97 Å². The number of fused-ring (bicyclic) bond motifs is 1. The van der Waals surface area contributed by atoms with E-state index in [0.717, 1.165) is 16.8 Å². The number of nitrogens with one attached hydrogen (secondary N) is 1. The third-order valence-corrected chi connectivity index (χ3v) is 5.02. The Morgan fingerprint density at radius 2 is 1.85 bits per heavy atom. The largest absolute Gasteiger partial charge is 0.478 e. The molecule has 1 aromatic carbocycles. The zero-order chi connectivity index (χ0) is 22.8. The first kappa shape index (κ1) is 20.3. The van der Waals surface area contributed by atoms with Crippen LogP contribution in [0.25, 0.3) is 17.0 Å². The first-order valence-electron chi connectivity index (χ1n) is 10.3. The second kappa shape index (κ2) is 8.46. The minimum atomic E-state index is -0.953. The van der Waals surface area contributed by atoms with Crippen molar-refractivity contribution in [2.45, 2.75) is 13.3 Å². The highest BCUT2D eigenvalue weighted by Gasteiger charge is 2.12. The molecule has 162 valence electrons. The van der Waals surface area contributed by atoms with Crippen LogP contribution < -0.4 is 5.32 Å². The average molecular weight is 437 g/mol. The topological polar surface area (TPSA) is 118 Å². The molecule has 0 saturated carbocycles. The third kappa shape index (κ3) is 4.38. The van der Waals surface area contributed by atoms with Crippen LogP contribution in [0.2, 0.25) is 0 Å². The molecule has 0 bridgehead atoms. The minimum absolute atomic E-state index is 0.244. The predicted molar refractivity (Wildman–Crippen MR) is 122 cm³/mol. The molecule has 0 spiro atoms. The number of carboxylic acid groups (broad SMARTS) is 1. The monoisotopic (exact) mass is 437 g/mol. The smallest absolute Gasteiger partial charge is 0.335 e. The fourth-order valence-electron chi connectivity index (χ4n) is 3.43. The van der Waals surface area contributed by atoms with E-state index >= 15 is 0 Å². The van der Waals surface area contributed by atoms with Gasteiger partial charge in [-0.15, -0.1) is 5.10 Å². The summed E-state index contributed by atoms with van der Waals surface area (Å²) in [5, 5.41) is 16.9. The Balaban J connectivity index is 1.44. The minimum Gasteiger partial charge on any atom is -0.478 e. The second-order valence-corrected chi connectivity index (χ2v) is 7.45. The molecule has 0 fully saturated rings. The standard InChI is InChI=1S/C24H19N7O2/c1-15-4-2-5-18(26-15)22-29-23(19-6-3-13-31(19)30-22)28-20-11-12-25-21(27-20)14-16-7-9-17(10-8-16)24(32)33/h2-13H,14H2,1H3,(H,32,33)(H,25,27,28,29,30). The normalized spacial score (nSPS) is 10.9. The van der Waals surface area contributed by atoms with Crippen molar-refractivity contribution < 1.29 is 9.90 Å². The Morgan fingerprint density at radius 1 is 1.00 bits per heavy atom. The Bertz CT molecular complexity index is 1460. The predicted octanol–water partition coefficient (Wildman–Crippen LogP) is 3.92. The first-order valence-corrected chi connectivity index (χ1v) is 10.3. The molecule has 0 amide bonds. The van der Waals surface area contributed by atoms with Crippen LogP contribution in [0.1, 0.15) is 27.4 Å². The third-order valence-electron chi connectivity index (χ3n) is 5.02. The highest BCUT2D eigenvalue weighted by Crippen LogP contribution is 2.22. The number of aromatic carboxylic acids is 1. The van der Waals surface area contributed by atoms with E-state index in [2.05, 4.69) is 25.4 Å². The zero-order valence-electron chi connectivity index (χ0n) is 17.7. The molecule has 0 aliphatic carbocycles. The molecule has 2 N–H and O–H groups in total. The number of benzene rings is 1. The quantitative estimate of drug-likeness (QED) is 0.410. The Morgan fingerprint density at radius 3 is 2.64 bits per heavy atom. The number of anilines is 2. The van der Waals surface area contributed by atoms with Crippen molar-refractivity contribution in [3.8, 4) is 11.5 Å². The molecule has 4 heterocycles. The van der Waals surface area contributed by atoms with Crippen LogP contribution in [0.15, 0.2) is 73.1 Å². The summed E-state index contributed by atoms with van der Waals surface area (Å²) in [5.74, 6) is 1.34. The van der Waals surface area contributed by atoms with Crippen LogP contribution in [0.3, 0.4) is 0 Å². The number of hydrogen-bond donors (Lipinski definition) is 2. The number of aryl methyl sites for hydroxylation is 1. The molecule has 0 aliphatic heterocycles. The Hall–Kier alpha value is -4.66. The lowest BCUT2D eigenvalue weighted by molar-refractivity contribution is 0.0697. The lowest BCUT2D eigenvalue weighted by atomic mass is 10.1. The second-order valence-electron chi connectivity index (χ2n) is 7.45. The summed E-state index contributed by atoms with van der Waals surface area (Å²) in [6.45, 7) is 1.93. The van der Waals surface area contributed by atoms with E-state index in [1.54, 1.807) is 41.0 Å². The number of rotatable bonds is 6. The number of nitrogens with zero attached hydrogens (tertiary/aromatic N) is 6. The van der Waals surface area contributed by atoms with E-state index in [4.69, 9.17) is 10.1 Å². The van der Waals surface area contributed by atoms with Gasteiger partial charge in [0.15, 0.2) is 5.82 Å². The molecule has 5 rings (SSSR count). The molecule has 9 nitrogen and oxygen atoms in total. The fraction of sp³-hybridized carbons (Fsp3) is 0.0833. The fourth-order valence-corrected chi connectivity index (χ4v) is 3.43. The SMILES string of the molecule is Cc1cccc(-c2nc(Nc3ccnc(Cc4ccc(C(=O)O)cc4)n3)c3cccn3n2)n1. The molecule has 0 unspecified atom stereocenters. The first-order chi connectivity index (χ1) is 16.0. The molecule has 4 aromatic heterocycles. The molecule has 0 atom stereocenters. The van der Waals surface area contributed by atoms with Crippen molar-refractivity contribution in [2.24, 2.45) is 0 Å². The Labute approximate surface area is 188 Å². The summed E-state index contributed by atoms with van der Waals surface area (Å²) >= 11 is 0. The van der Waals surface area contributed by atoms with Gasteiger partial charge in [0.05, 0.1) is 5.56 Å². The summed E-state index contributed by atoms with van der Waals surface area (Å²) in [5.41, 5.74) is 3.53. The molecule has 0 radical (unpaired) electrons. The highest BCUT2D eigenvalue weighted by molar-refractivity contribution is 5.87. The summed E-state index contributed by atoms with van der Waals surface area (Å²) < 4.78 is 1.75. The summed E-state index contributed by atoms with van der Waals surface area (Å²) in [7, 11) is 0. The van der Waals surface area contributed by atoms with Crippen LogP contribution in [0.4, 0.5) is 11.6 Å². The van der Waals surface area contributed by atoms with Gasteiger partial charge in [0.2, 0.25) is 5.82 Å². The highest BCUT2D eigenvalue weighted by atomic mass is 16.4. The van der Waals surface area contributed by atoms with Gasteiger partial charge in [-0.1, -0.05) is 18.2 Å². The van der Waals surface area contributed by atoms with E-state index < -0.39 is 5.97 Å². The number of pyridine rings is 1. The molecule has 0 saturated heterocycles. The van der Waals surface area contributed by atoms with E-state index in [9.17, 15) is 4.79 Å². The van der Waals surface area contributed by atoms with Crippen LogP contribution in [0.5, 0.6) is 0 Å². The molecular weight excluding hydrogens is 418 g/mol. The van der Waals surface area contributed by atoms with Crippen LogP contribution in [0, 0.1) is 6.92 Å². The van der Waals surface area contributed by atoms with Crippen LogP contribution >= 0.6 is 0 Å². The van der Waals surface area contributed by atoms with Crippen molar-refractivity contribution in [1.82, 2.24) is 29.5 Å². The van der Waals surface area contributed by atoms with E-state index in [1.807, 2.05) is 43.5 Å². The molecule has 0 aliphatic rings. The van der Waals surface area contributed by atoms with Crippen molar-refractivity contribution in [3.05, 3.63) is 95.7 Å². The maximum Gasteiger partial charge on any atom is 0.335 e. The lowest BCUT2D eigenvalue weighted by Gasteiger charge is -2.10. The molecule has 5 aromatic rings. The van der Waals surface area contributed by atoms with Gasteiger partial charge in [-0.25, -0.2) is 29.2 Å². The van der Waals surface area contributed by atoms with Gasteiger partial charge in [0.25, 0.3) is 0 Å². The van der Waals surface area contributed by atoms with Crippen molar-refractivity contribution >= 4 is 23.1 Å². The maximum atomic E-state index is 11.0. The van der Waals surface area contributed by atoms with Crippen molar-refractivity contribution in [3.63, 3.8) is 0 Å². The van der Waals surface area contributed by atoms with E-state index in [1.165, 1.54) is 0 Å². The summed E-state index contributed by atoms with van der Waals surface area (Å²) in [6, 6.07) is 18.0. The van der Waals surface area contributed by atoms with Crippen LogP contribution in [-0.4, -0.2) is 40.6 Å². The lowest BCUT2D eigenvalue weighted by Crippen LogP contribution is -2.06. The molecular formula is C24H19N7O2. The van der Waals surface area contributed by atoms with E-state index in [-0.39, 0.29) is 5.56 Å². The Kier molecular flexibility index (Phi) is 5.19. The number of carbonyl (C=O) groups is 1. The maximum absolute atomic E-state index is 11.0. The zero-order valence-corrected chi connectivity index (χ0v) is 17.7. The number of aromatic nitrogens is 6. The molecule has 33 heavy (non-hydrogen) atoms. The molecule has 9 heteroatoms. The van der Waals surface area contributed by atoms with Crippen molar-refractivity contribution in [2.75, 3.05) is 5.32 Å². The van der Waals surface area contributed by atoms with Crippen molar-refractivity contribution in [1.29, 1.82) is 0 Å². The van der Waals surface area contributed by atoms with E-state index in [0.29, 0.717) is 35.4 Å². The average Bonchev–Trinajstić information content (AvgIpc) is 3.29. The number of carboxylic acids is 1. The van der Waals surface area contributed by atoms with Gasteiger partial charge in [-0.3, -0.25) is 0 Å². The number of hydrogen-bond acceptors (Lipinski definition) is 7. The van der Waals surface area contributed by atoms with Gasteiger partial charge in [-0.2, -0.15) is 0 Å². The van der Waals surface area contributed by atoms with Gasteiger partial charge in [0.1, 0.15) is 22.9 Å². The summed E-state index contributed by atoms with van der Waals surface area (Å²) in [4.78, 5) is 29.2. The van der Waals surface area contributed by atoms with Gasteiger partial charge in [-0.05, 0) is 55.0 Å². The van der Waals surface area contributed by atoms with Crippen LogP contribution in [-0.2, 0) is 6.42 Å².